The van der Waals surface area contributed by atoms with Crippen LogP contribution < -0.4 is 16.2 Å². The first kappa shape index (κ1) is 17.2. The maximum atomic E-state index is 12.0. The van der Waals surface area contributed by atoms with Crippen molar-refractivity contribution >= 4 is 27.5 Å². The number of anilines is 1. The van der Waals surface area contributed by atoms with Gasteiger partial charge in [-0.15, -0.1) is 6.42 Å². The Kier molecular flexibility index (Phi) is 5.55. The van der Waals surface area contributed by atoms with Crippen molar-refractivity contribution < 1.29 is 4.79 Å². The number of hydrogen-bond donors (Lipinski definition) is 2. The highest BCUT2D eigenvalue weighted by molar-refractivity contribution is 9.10. The van der Waals surface area contributed by atoms with Crippen molar-refractivity contribution in [2.45, 2.75) is 45.8 Å². The van der Waals surface area contributed by atoms with E-state index < -0.39 is 6.04 Å². The number of carbonyl (C=O) groups is 1. The summed E-state index contributed by atoms with van der Waals surface area (Å²) < 4.78 is 1.46. The molecule has 2 N–H and O–H groups in total. The molecule has 0 bridgehead atoms. The Hall–Kier alpha value is -1.81. The van der Waals surface area contributed by atoms with E-state index in [0.29, 0.717) is 10.2 Å². The van der Waals surface area contributed by atoms with Gasteiger partial charge in [-0.3, -0.25) is 9.59 Å². The minimum Gasteiger partial charge on any atom is -0.372 e. The SMILES string of the molecule is C#CCn1ncc(NC(C)C(=O)NC(C)(C)C)c(Br)c1=O. The second-order valence-electron chi connectivity index (χ2n) is 5.64. The van der Waals surface area contributed by atoms with E-state index in [1.165, 1.54) is 6.20 Å². The third-order valence-corrected chi connectivity index (χ3v) is 3.26. The first-order valence-electron chi connectivity index (χ1n) is 6.43. The molecule has 114 valence electrons. The molecule has 6 nitrogen and oxygen atoms in total. The molecular weight excluding hydrogens is 336 g/mol. The Balaban J connectivity index is 2.89. The van der Waals surface area contributed by atoms with Crippen LogP contribution in [0.5, 0.6) is 0 Å². The van der Waals surface area contributed by atoms with Crippen LogP contribution in [0.15, 0.2) is 15.5 Å². The predicted octanol–water partition coefficient (Wildman–Crippen LogP) is 1.35. The van der Waals surface area contributed by atoms with Gasteiger partial charge < -0.3 is 10.6 Å². The van der Waals surface area contributed by atoms with Crippen LogP contribution in [-0.4, -0.2) is 27.3 Å². The number of rotatable bonds is 4. The fraction of sp³-hybridized carbons (Fsp3) is 0.500. The molecule has 7 heteroatoms. The molecule has 0 aliphatic carbocycles. The van der Waals surface area contributed by atoms with Crippen LogP contribution in [-0.2, 0) is 11.3 Å². The second-order valence-corrected chi connectivity index (χ2v) is 6.44. The average Bonchev–Trinajstić information content (AvgIpc) is 2.36. The molecule has 1 atom stereocenters. The van der Waals surface area contributed by atoms with E-state index in [4.69, 9.17) is 6.42 Å². The van der Waals surface area contributed by atoms with Crippen LogP contribution in [0.4, 0.5) is 5.69 Å². The van der Waals surface area contributed by atoms with Gasteiger partial charge in [-0.25, -0.2) is 4.68 Å². The van der Waals surface area contributed by atoms with Gasteiger partial charge in [0.15, 0.2) is 0 Å². The van der Waals surface area contributed by atoms with Crippen molar-refractivity contribution in [1.82, 2.24) is 15.1 Å². The summed E-state index contributed by atoms with van der Waals surface area (Å²) in [6, 6.07) is -0.509. The van der Waals surface area contributed by atoms with Gasteiger partial charge in [0.1, 0.15) is 17.1 Å². The molecule has 1 aromatic rings. The van der Waals surface area contributed by atoms with E-state index >= 15 is 0 Å². The predicted molar refractivity (Wildman–Crippen MR) is 86.0 cm³/mol. The molecule has 0 spiro atoms. The molecule has 1 rings (SSSR count). The second kappa shape index (κ2) is 6.76. The number of carbonyl (C=O) groups excluding carboxylic acids is 1. The van der Waals surface area contributed by atoms with Crippen molar-refractivity contribution in [3.05, 3.63) is 21.0 Å². The van der Waals surface area contributed by atoms with E-state index in [1.807, 2.05) is 20.8 Å². The monoisotopic (exact) mass is 354 g/mol. The Bertz CT molecular complexity index is 625. The summed E-state index contributed by atoms with van der Waals surface area (Å²) in [7, 11) is 0. The fourth-order valence-corrected chi connectivity index (χ4v) is 1.96. The molecule has 0 aliphatic heterocycles. The van der Waals surface area contributed by atoms with Crippen molar-refractivity contribution in [3.63, 3.8) is 0 Å². The molecule has 21 heavy (non-hydrogen) atoms. The van der Waals surface area contributed by atoms with Crippen LogP contribution in [0.3, 0.4) is 0 Å². The van der Waals surface area contributed by atoms with Gasteiger partial charge in [-0.1, -0.05) is 5.92 Å². The molecule has 0 saturated heterocycles. The highest BCUT2D eigenvalue weighted by Crippen LogP contribution is 2.17. The summed E-state index contributed by atoms with van der Waals surface area (Å²) in [6.45, 7) is 7.50. The van der Waals surface area contributed by atoms with Gasteiger partial charge in [0, 0.05) is 5.54 Å². The van der Waals surface area contributed by atoms with Gasteiger partial charge in [-0.2, -0.15) is 5.10 Å². The normalized spacial score (nSPS) is 12.4. The van der Waals surface area contributed by atoms with Gasteiger partial charge in [0.05, 0.1) is 11.9 Å². The molecule has 0 saturated carbocycles. The molecule has 1 amide bonds. The zero-order valence-corrected chi connectivity index (χ0v) is 14.1. The molecule has 1 aromatic heterocycles. The first-order valence-corrected chi connectivity index (χ1v) is 7.22. The van der Waals surface area contributed by atoms with Crippen molar-refractivity contribution in [2.24, 2.45) is 0 Å². The Morgan fingerprint density at radius 2 is 2.19 bits per heavy atom. The number of aromatic nitrogens is 2. The van der Waals surface area contributed by atoms with E-state index in [-0.39, 0.29) is 23.6 Å². The largest absolute Gasteiger partial charge is 0.372 e. The summed E-state index contributed by atoms with van der Waals surface area (Å²) in [5.41, 5.74) is -0.218. The Morgan fingerprint density at radius 1 is 1.57 bits per heavy atom. The van der Waals surface area contributed by atoms with E-state index in [2.05, 4.69) is 37.6 Å². The number of amides is 1. The van der Waals surface area contributed by atoms with E-state index in [9.17, 15) is 9.59 Å². The molecule has 1 heterocycles. The van der Waals surface area contributed by atoms with Gasteiger partial charge in [0.25, 0.3) is 5.56 Å². The highest BCUT2D eigenvalue weighted by atomic mass is 79.9. The molecule has 0 aliphatic rings. The number of nitrogens with one attached hydrogen (secondary N) is 2. The number of nitrogens with zero attached hydrogens (tertiary/aromatic N) is 2. The standard InChI is InChI=1S/C14H19BrN4O2/c1-6-7-19-13(21)11(15)10(8-16-19)17-9(2)12(20)18-14(3,4)5/h1,8-9,17H,7H2,2-5H3,(H,18,20). The minimum absolute atomic E-state index is 0.0950. The molecule has 1 unspecified atom stereocenters. The van der Waals surface area contributed by atoms with Gasteiger partial charge in [0.2, 0.25) is 5.91 Å². The smallest absolute Gasteiger partial charge is 0.284 e. The van der Waals surface area contributed by atoms with E-state index in [1.54, 1.807) is 6.92 Å². The topological polar surface area (TPSA) is 76.0 Å². The highest BCUT2D eigenvalue weighted by Gasteiger charge is 2.20. The Morgan fingerprint density at radius 3 is 2.71 bits per heavy atom. The van der Waals surface area contributed by atoms with Crippen LogP contribution >= 0.6 is 15.9 Å². The summed E-state index contributed by atoms with van der Waals surface area (Å²) in [6.07, 6.45) is 6.63. The van der Waals surface area contributed by atoms with Crippen molar-refractivity contribution in [3.8, 4) is 12.3 Å². The Labute approximate surface area is 132 Å². The van der Waals surface area contributed by atoms with Crippen molar-refractivity contribution in [2.75, 3.05) is 5.32 Å². The average molecular weight is 355 g/mol. The minimum atomic E-state index is -0.509. The molecule has 0 aromatic carbocycles. The van der Waals surface area contributed by atoms with Crippen LogP contribution in [0, 0.1) is 12.3 Å². The van der Waals surface area contributed by atoms with Crippen LogP contribution in [0.2, 0.25) is 0 Å². The van der Waals surface area contributed by atoms with Gasteiger partial charge in [-0.05, 0) is 43.6 Å². The third kappa shape index (κ3) is 4.90. The number of hydrogen-bond acceptors (Lipinski definition) is 4. The van der Waals surface area contributed by atoms with Crippen LogP contribution in [0.1, 0.15) is 27.7 Å². The van der Waals surface area contributed by atoms with Gasteiger partial charge >= 0.3 is 0 Å². The molecule has 0 fully saturated rings. The lowest BCUT2D eigenvalue weighted by molar-refractivity contribution is -0.122. The fourth-order valence-electron chi connectivity index (χ4n) is 1.54. The summed E-state index contributed by atoms with van der Waals surface area (Å²) in [4.78, 5) is 24.0. The zero-order valence-electron chi connectivity index (χ0n) is 12.5. The summed E-state index contributed by atoms with van der Waals surface area (Å²) in [5.74, 6) is 2.19. The van der Waals surface area contributed by atoms with Crippen molar-refractivity contribution in [1.29, 1.82) is 0 Å². The lowest BCUT2D eigenvalue weighted by atomic mass is 10.1. The lowest BCUT2D eigenvalue weighted by Crippen LogP contribution is -2.47. The third-order valence-electron chi connectivity index (χ3n) is 2.49. The summed E-state index contributed by atoms with van der Waals surface area (Å²) in [5, 5.41) is 9.77. The zero-order chi connectivity index (χ0) is 16.2. The molecular formula is C14H19BrN4O2. The van der Waals surface area contributed by atoms with E-state index in [0.717, 1.165) is 4.68 Å². The maximum absolute atomic E-state index is 12.0. The molecule has 0 radical (unpaired) electrons. The number of halogens is 1. The maximum Gasteiger partial charge on any atom is 0.284 e. The quantitative estimate of drug-likeness (QED) is 0.800. The summed E-state index contributed by atoms with van der Waals surface area (Å²) >= 11 is 3.20. The lowest BCUT2D eigenvalue weighted by Gasteiger charge is -2.24. The van der Waals surface area contributed by atoms with Crippen LogP contribution in [0.25, 0.3) is 0 Å². The first-order chi connectivity index (χ1) is 9.65. The number of terminal acetylenes is 1.